The van der Waals surface area contributed by atoms with Gasteiger partial charge in [0, 0.05) is 22.5 Å². The molecular formula is C17H17ClFNO. The lowest BCUT2D eigenvalue weighted by Crippen LogP contribution is -2.42. The van der Waals surface area contributed by atoms with Gasteiger partial charge < -0.3 is 10.5 Å². The van der Waals surface area contributed by atoms with E-state index in [1.807, 2.05) is 24.3 Å². The molecule has 4 heteroatoms. The minimum absolute atomic E-state index is 0.240. The molecule has 0 spiro atoms. The van der Waals surface area contributed by atoms with E-state index in [0.717, 1.165) is 17.7 Å². The molecule has 2 nitrogen and oxygen atoms in total. The molecule has 0 bridgehead atoms. The highest BCUT2D eigenvalue weighted by atomic mass is 35.5. The molecule has 1 unspecified atom stereocenters. The first-order valence-electron chi connectivity index (χ1n) is 7.01. The average molecular weight is 306 g/mol. The second-order valence-electron chi connectivity index (χ2n) is 5.49. The van der Waals surface area contributed by atoms with Crippen molar-refractivity contribution >= 4 is 11.6 Å². The highest BCUT2D eigenvalue weighted by Gasteiger charge is 2.37. The topological polar surface area (TPSA) is 35.2 Å². The second kappa shape index (κ2) is 5.66. The van der Waals surface area contributed by atoms with Gasteiger partial charge >= 0.3 is 0 Å². The van der Waals surface area contributed by atoms with Crippen molar-refractivity contribution in [3.05, 3.63) is 64.4 Å². The Bertz CT molecular complexity index is 661. The van der Waals surface area contributed by atoms with E-state index in [0.29, 0.717) is 30.2 Å². The molecule has 0 fully saturated rings. The number of nitrogens with two attached hydrogens (primary N) is 1. The number of ether oxygens (including phenoxy) is 1. The Morgan fingerprint density at radius 1 is 1.24 bits per heavy atom. The summed E-state index contributed by atoms with van der Waals surface area (Å²) in [6.45, 7) is 1.04. The van der Waals surface area contributed by atoms with Crippen molar-refractivity contribution in [3.8, 4) is 5.75 Å². The maximum Gasteiger partial charge on any atom is 0.126 e. The summed E-state index contributed by atoms with van der Waals surface area (Å²) in [4.78, 5) is 0. The van der Waals surface area contributed by atoms with Gasteiger partial charge in [-0.05, 0) is 42.7 Å². The standard InChI is InChI=1S/C17H17ClFNO/c18-13-5-6-15(19)12(9-13)10-17(11-20)7-8-21-16-4-2-1-3-14(16)17/h1-6,9H,7-8,10-11,20H2. The lowest BCUT2D eigenvalue weighted by Gasteiger charge is -2.38. The van der Waals surface area contributed by atoms with E-state index in [2.05, 4.69) is 0 Å². The van der Waals surface area contributed by atoms with Crippen LogP contribution in [-0.2, 0) is 11.8 Å². The Kier molecular flexibility index (Phi) is 3.87. The largest absolute Gasteiger partial charge is 0.493 e. The Labute approximate surface area is 128 Å². The summed E-state index contributed by atoms with van der Waals surface area (Å²) in [5.41, 5.74) is 7.43. The number of hydrogen-bond acceptors (Lipinski definition) is 2. The van der Waals surface area contributed by atoms with Crippen LogP contribution in [0.15, 0.2) is 42.5 Å². The van der Waals surface area contributed by atoms with Crippen LogP contribution in [0.4, 0.5) is 4.39 Å². The van der Waals surface area contributed by atoms with Crippen molar-refractivity contribution in [1.29, 1.82) is 0 Å². The van der Waals surface area contributed by atoms with E-state index >= 15 is 0 Å². The summed E-state index contributed by atoms with van der Waals surface area (Å²) in [5, 5.41) is 0.541. The van der Waals surface area contributed by atoms with E-state index in [9.17, 15) is 4.39 Å². The smallest absolute Gasteiger partial charge is 0.126 e. The van der Waals surface area contributed by atoms with E-state index in [4.69, 9.17) is 22.1 Å². The normalized spacial score (nSPS) is 20.7. The molecule has 0 radical (unpaired) electrons. The molecule has 0 saturated carbocycles. The lowest BCUT2D eigenvalue weighted by atomic mass is 9.72. The van der Waals surface area contributed by atoms with Gasteiger partial charge in [-0.2, -0.15) is 0 Å². The van der Waals surface area contributed by atoms with Crippen LogP contribution in [0.5, 0.6) is 5.75 Å². The monoisotopic (exact) mass is 305 g/mol. The molecule has 1 aliphatic heterocycles. The molecule has 0 amide bonds. The highest BCUT2D eigenvalue weighted by molar-refractivity contribution is 6.30. The van der Waals surface area contributed by atoms with Gasteiger partial charge in [0.25, 0.3) is 0 Å². The van der Waals surface area contributed by atoms with Crippen LogP contribution in [0, 0.1) is 5.82 Å². The van der Waals surface area contributed by atoms with Gasteiger partial charge in [0.2, 0.25) is 0 Å². The minimum Gasteiger partial charge on any atom is -0.493 e. The van der Waals surface area contributed by atoms with Crippen molar-refractivity contribution in [2.24, 2.45) is 5.73 Å². The first-order chi connectivity index (χ1) is 10.1. The summed E-state index contributed by atoms with van der Waals surface area (Å²) >= 11 is 6.00. The van der Waals surface area contributed by atoms with Crippen LogP contribution in [0.2, 0.25) is 5.02 Å². The molecule has 2 aromatic rings. The van der Waals surface area contributed by atoms with Crippen LogP contribution in [0.25, 0.3) is 0 Å². The first-order valence-corrected chi connectivity index (χ1v) is 7.39. The Morgan fingerprint density at radius 3 is 2.86 bits per heavy atom. The van der Waals surface area contributed by atoms with Crippen molar-refractivity contribution in [2.75, 3.05) is 13.2 Å². The van der Waals surface area contributed by atoms with Crippen molar-refractivity contribution in [2.45, 2.75) is 18.3 Å². The van der Waals surface area contributed by atoms with Gasteiger partial charge in [-0.25, -0.2) is 4.39 Å². The van der Waals surface area contributed by atoms with Crippen LogP contribution >= 0.6 is 11.6 Å². The van der Waals surface area contributed by atoms with Crippen LogP contribution in [-0.4, -0.2) is 13.2 Å². The van der Waals surface area contributed by atoms with Gasteiger partial charge in [0.1, 0.15) is 11.6 Å². The third kappa shape index (κ3) is 2.63. The summed E-state index contributed by atoms with van der Waals surface area (Å²) in [5.74, 6) is 0.604. The number of rotatable bonds is 3. The quantitative estimate of drug-likeness (QED) is 0.938. The van der Waals surface area contributed by atoms with E-state index in [1.54, 1.807) is 12.1 Å². The number of halogens is 2. The number of fused-ring (bicyclic) bond motifs is 1. The number of hydrogen-bond donors (Lipinski definition) is 1. The predicted molar refractivity (Wildman–Crippen MR) is 82.4 cm³/mol. The minimum atomic E-state index is -0.305. The van der Waals surface area contributed by atoms with Gasteiger partial charge in [0.15, 0.2) is 0 Å². The fourth-order valence-corrected chi connectivity index (χ4v) is 3.23. The molecule has 0 saturated heterocycles. The first kappa shape index (κ1) is 14.4. The fraction of sp³-hybridized carbons (Fsp3) is 0.294. The predicted octanol–water partition coefficient (Wildman–Crippen LogP) is 3.70. The summed E-state index contributed by atoms with van der Waals surface area (Å²) < 4.78 is 19.8. The maximum absolute atomic E-state index is 14.1. The van der Waals surface area contributed by atoms with E-state index in [1.165, 1.54) is 6.07 Å². The molecule has 2 N–H and O–H groups in total. The second-order valence-corrected chi connectivity index (χ2v) is 5.93. The van der Waals surface area contributed by atoms with Crippen LogP contribution in [0.3, 0.4) is 0 Å². The molecule has 110 valence electrons. The number of para-hydroxylation sites is 1. The lowest BCUT2D eigenvalue weighted by molar-refractivity contribution is 0.214. The van der Waals surface area contributed by atoms with Gasteiger partial charge in [-0.3, -0.25) is 0 Å². The molecule has 1 heterocycles. The highest BCUT2D eigenvalue weighted by Crippen LogP contribution is 2.41. The molecule has 1 aliphatic rings. The molecule has 1 atom stereocenters. The van der Waals surface area contributed by atoms with Crippen molar-refractivity contribution < 1.29 is 9.13 Å². The number of benzene rings is 2. The third-order valence-electron chi connectivity index (χ3n) is 4.22. The molecule has 3 rings (SSSR count). The van der Waals surface area contributed by atoms with Crippen molar-refractivity contribution in [1.82, 2.24) is 0 Å². The molecular weight excluding hydrogens is 289 g/mol. The Balaban J connectivity index is 2.04. The van der Waals surface area contributed by atoms with Gasteiger partial charge in [-0.1, -0.05) is 29.8 Å². The van der Waals surface area contributed by atoms with Gasteiger partial charge in [-0.15, -0.1) is 0 Å². The zero-order chi connectivity index (χ0) is 14.9. The third-order valence-corrected chi connectivity index (χ3v) is 4.46. The van der Waals surface area contributed by atoms with Crippen molar-refractivity contribution in [3.63, 3.8) is 0 Å². The summed E-state index contributed by atoms with van der Waals surface area (Å²) in [6, 6.07) is 12.5. The molecule has 21 heavy (non-hydrogen) atoms. The maximum atomic E-state index is 14.1. The zero-order valence-corrected chi connectivity index (χ0v) is 12.4. The Hall–Kier alpha value is -1.58. The SMILES string of the molecule is NCC1(Cc2cc(Cl)ccc2F)CCOc2ccccc21. The zero-order valence-electron chi connectivity index (χ0n) is 11.6. The van der Waals surface area contributed by atoms with Gasteiger partial charge in [0.05, 0.1) is 6.61 Å². The summed E-state index contributed by atoms with van der Waals surface area (Å²) in [7, 11) is 0. The van der Waals surface area contributed by atoms with Crippen LogP contribution < -0.4 is 10.5 Å². The Morgan fingerprint density at radius 2 is 2.05 bits per heavy atom. The molecule has 0 aliphatic carbocycles. The van der Waals surface area contributed by atoms with E-state index in [-0.39, 0.29) is 11.2 Å². The van der Waals surface area contributed by atoms with Crippen LogP contribution in [0.1, 0.15) is 17.5 Å². The molecule has 2 aromatic carbocycles. The summed E-state index contributed by atoms with van der Waals surface area (Å²) in [6.07, 6.45) is 1.29. The van der Waals surface area contributed by atoms with E-state index < -0.39 is 0 Å². The fourth-order valence-electron chi connectivity index (χ4n) is 3.03. The molecule has 0 aromatic heterocycles. The average Bonchev–Trinajstić information content (AvgIpc) is 2.51.